The Morgan fingerprint density at radius 3 is 2.72 bits per heavy atom. The number of rotatable bonds is 7. The van der Waals surface area contributed by atoms with Gasteiger partial charge in [0.15, 0.2) is 17.5 Å². The van der Waals surface area contributed by atoms with Crippen molar-refractivity contribution in [1.29, 1.82) is 0 Å². The number of H-pyrrole nitrogens is 1. The van der Waals surface area contributed by atoms with Crippen LogP contribution < -0.4 is 10.6 Å². The van der Waals surface area contributed by atoms with Gasteiger partial charge in [-0.3, -0.25) is 9.89 Å². The van der Waals surface area contributed by atoms with Crippen molar-refractivity contribution in [3.8, 4) is 5.82 Å². The molecule has 1 unspecified atom stereocenters. The van der Waals surface area contributed by atoms with Crippen LogP contribution >= 0.6 is 0 Å². The van der Waals surface area contributed by atoms with Gasteiger partial charge in [-0.05, 0) is 51.7 Å². The number of aryl methyl sites for hydroxylation is 2. The highest BCUT2D eigenvalue weighted by atomic mass is 19.1. The Hall–Kier alpha value is -4.15. The lowest BCUT2D eigenvalue weighted by Crippen LogP contribution is -2.31. The van der Waals surface area contributed by atoms with Crippen molar-refractivity contribution in [2.75, 3.05) is 5.32 Å². The van der Waals surface area contributed by atoms with Gasteiger partial charge >= 0.3 is 0 Å². The Kier molecular flexibility index (Phi) is 6.45. The highest BCUT2D eigenvalue weighted by molar-refractivity contribution is 5.79. The lowest BCUT2D eigenvalue weighted by molar-refractivity contribution is -0.125. The fourth-order valence-electron chi connectivity index (χ4n) is 4.54. The zero-order chi connectivity index (χ0) is 25.2. The molecule has 1 aliphatic carbocycles. The number of amides is 1. The summed E-state index contributed by atoms with van der Waals surface area (Å²) in [6.07, 6.45) is 6.40. The fourth-order valence-corrected chi connectivity index (χ4v) is 4.54. The maximum Gasteiger partial charge on any atom is 0.223 e. The number of aromatic amines is 1. The standard InChI is InChI=1S/C25H28FN9O/c1-14-8-21(31-22-9-15(2)33-34-22)32-24(29-14)17-4-5-18(10-17)25(36)30-16(3)19-6-7-23(27-11-19)35-13-20(26)12-28-35/h6-9,11-13,16-18H,4-5,10H2,1-3H3,(H,30,36)(H2,29,31,32,33,34)/t16?,17-,18-/m1/s1. The highest BCUT2D eigenvalue weighted by Gasteiger charge is 2.33. The smallest absolute Gasteiger partial charge is 0.223 e. The van der Waals surface area contributed by atoms with Gasteiger partial charge in [0.1, 0.15) is 11.6 Å². The minimum atomic E-state index is -0.423. The van der Waals surface area contributed by atoms with E-state index in [1.807, 2.05) is 39.0 Å². The summed E-state index contributed by atoms with van der Waals surface area (Å²) in [6, 6.07) is 7.20. The Morgan fingerprint density at radius 1 is 1.17 bits per heavy atom. The highest BCUT2D eigenvalue weighted by Crippen LogP contribution is 2.37. The molecule has 1 saturated carbocycles. The maximum absolute atomic E-state index is 13.2. The number of carbonyl (C=O) groups excluding carboxylic acids is 1. The number of halogens is 1. The van der Waals surface area contributed by atoms with E-state index in [0.29, 0.717) is 23.9 Å². The van der Waals surface area contributed by atoms with Gasteiger partial charge in [0.2, 0.25) is 5.91 Å². The first-order valence-corrected chi connectivity index (χ1v) is 12.0. The molecular formula is C25H28FN9O. The van der Waals surface area contributed by atoms with E-state index in [2.05, 4.69) is 35.9 Å². The fraction of sp³-hybridized carbons (Fsp3) is 0.360. The molecule has 10 nitrogen and oxygen atoms in total. The van der Waals surface area contributed by atoms with E-state index in [-0.39, 0.29) is 23.8 Å². The molecular weight excluding hydrogens is 461 g/mol. The quantitative estimate of drug-likeness (QED) is 0.358. The molecule has 4 heterocycles. The normalized spacial score (nSPS) is 18.2. The SMILES string of the molecule is Cc1cc(Nc2cc(C)[nH]n2)nc([C@@H]2CC[C@@H](C(=O)NC(C)c3ccc(-n4cc(F)cn4)nc3)C2)n1. The molecule has 1 aliphatic rings. The number of nitrogens with zero attached hydrogens (tertiary/aromatic N) is 6. The van der Waals surface area contributed by atoms with Crippen LogP contribution in [-0.2, 0) is 4.79 Å². The number of hydrogen-bond acceptors (Lipinski definition) is 7. The van der Waals surface area contributed by atoms with E-state index in [9.17, 15) is 9.18 Å². The lowest BCUT2D eigenvalue weighted by Gasteiger charge is -2.18. The molecule has 0 bridgehead atoms. The van der Waals surface area contributed by atoms with E-state index in [1.165, 1.54) is 10.9 Å². The average molecular weight is 490 g/mol. The summed E-state index contributed by atoms with van der Waals surface area (Å²) in [5.74, 6) is 2.26. The minimum Gasteiger partial charge on any atom is -0.349 e. The molecule has 36 heavy (non-hydrogen) atoms. The molecule has 1 amide bonds. The van der Waals surface area contributed by atoms with Gasteiger partial charge in [-0.1, -0.05) is 6.07 Å². The molecule has 4 aromatic heterocycles. The first kappa shape index (κ1) is 23.6. The summed E-state index contributed by atoms with van der Waals surface area (Å²) in [7, 11) is 0. The molecule has 4 aromatic rings. The van der Waals surface area contributed by atoms with Gasteiger partial charge in [-0.25, -0.2) is 24.0 Å². The van der Waals surface area contributed by atoms with E-state index >= 15 is 0 Å². The van der Waals surface area contributed by atoms with E-state index in [0.717, 1.165) is 41.8 Å². The van der Waals surface area contributed by atoms with Crippen molar-refractivity contribution in [2.24, 2.45) is 5.92 Å². The maximum atomic E-state index is 13.2. The van der Waals surface area contributed by atoms with Crippen LogP contribution in [0.25, 0.3) is 5.82 Å². The van der Waals surface area contributed by atoms with Gasteiger partial charge in [-0.2, -0.15) is 10.2 Å². The molecule has 186 valence electrons. The minimum absolute atomic E-state index is 0.0150. The van der Waals surface area contributed by atoms with Crippen LogP contribution in [0.1, 0.15) is 60.9 Å². The molecule has 5 rings (SSSR count). The third-order valence-electron chi connectivity index (χ3n) is 6.42. The first-order valence-electron chi connectivity index (χ1n) is 12.0. The lowest BCUT2D eigenvalue weighted by atomic mass is 10.0. The Morgan fingerprint density at radius 2 is 2.03 bits per heavy atom. The third-order valence-corrected chi connectivity index (χ3v) is 6.42. The van der Waals surface area contributed by atoms with Crippen molar-refractivity contribution in [3.63, 3.8) is 0 Å². The van der Waals surface area contributed by atoms with E-state index < -0.39 is 5.82 Å². The second-order valence-electron chi connectivity index (χ2n) is 9.30. The summed E-state index contributed by atoms with van der Waals surface area (Å²) in [5.41, 5.74) is 2.69. The second kappa shape index (κ2) is 9.84. The predicted molar refractivity (Wildman–Crippen MR) is 131 cm³/mol. The number of nitrogens with one attached hydrogen (secondary N) is 3. The summed E-state index contributed by atoms with van der Waals surface area (Å²) in [4.78, 5) is 26.7. The zero-order valence-corrected chi connectivity index (χ0v) is 20.4. The van der Waals surface area contributed by atoms with Crippen molar-refractivity contribution >= 4 is 17.5 Å². The van der Waals surface area contributed by atoms with Crippen LogP contribution in [0.2, 0.25) is 0 Å². The van der Waals surface area contributed by atoms with E-state index in [4.69, 9.17) is 4.98 Å². The molecule has 3 atom stereocenters. The molecule has 3 N–H and O–H groups in total. The van der Waals surface area contributed by atoms with Gasteiger partial charge in [-0.15, -0.1) is 0 Å². The monoisotopic (exact) mass is 489 g/mol. The molecule has 11 heteroatoms. The predicted octanol–water partition coefficient (Wildman–Crippen LogP) is 4.04. The average Bonchev–Trinajstić information content (AvgIpc) is 3.60. The number of pyridine rings is 1. The van der Waals surface area contributed by atoms with Crippen LogP contribution in [0.3, 0.4) is 0 Å². The molecule has 0 aromatic carbocycles. The molecule has 0 radical (unpaired) electrons. The van der Waals surface area contributed by atoms with Gasteiger partial charge in [0, 0.05) is 41.6 Å². The molecule has 0 aliphatic heterocycles. The summed E-state index contributed by atoms with van der Waals surface area (Å²) < 4.78 is 14.6. The topological polar surface area (TPSA) is 126 Å². The third kappa shape index (κ3) is 5.24. The van der Waals surface area contributed by atoms with E-state index in [1.54, 1.807) is 12.3 Å². The second-order valence-corrected chi connectivity index (χ2v) is 9.30. The molecule has 0 spiro atoms. The zero-order valence-electron chi connectivity index (χ0n) is 20.4. The number of aromatic nitrogens is 7. The van der Waals surface area contributed by atoms with Gasteiger partial charge < -0.3 is 10.6 Å². The largest absolute Gasteiger partial charge is 0.349 e. The van der Waals surface area contributed by atoms with Gasteiger partial charge in [0.05, 0.1) is 18.4 Å². The Labute approximate surface area is 207 Å². The summed E-state index contributed by atoms with van der Waals surface area (Å²) in [6.45, 7) is 5.80. The van der Waals surface area contributed by atoms with Crippen molar-refractivity contribution in [2.45, 2.75) is 52.0 Å². The number of carbonyl (C=O) groups is 1. The Bertz CT molecular complexity index is 1360. The number of anilines is 2. The van der Waals surface area contributed by atoms with Crippen LogP contribution in [0.5, 0.6) is 0 Å². The summed E-state index contributed by atoms with van der Waals surface area (Å²) >= 11 is 0. The van der Waals surface area contributed by atoms with Crippen molar-refractivity contribution in [3.05, 3.63) is 71.4 Å². The van der Waals surface area contributed by atoms with Crippen LogP contribution in [0, 0.1) is 25.6 Å². The first-order chi connectivity index (χ1) is 17.3. The number of hydrogen-bond donors (Lipinski definition) is 3. The van der Waals surface area contributed by atoms with Crippen LogP contribution in [0.4, 0.5) is 16.0 Å². The van der Waals surface area contributed by atoms with Crippen molar-refractivity contribution < 1.29 is 9.18 Å². The molecule has 0 saturated heterocycles. The molecule has 1 fully saturated rings. The van der Waals surface area contributed by atoms with Crippen molar-refractivity contribution in [1.82, 2.24) is 40.2 Å². The van der Waals surface area contributed by atoms with Gasteiger partial charge in [0.25, 0.3) is 0 Å². The van der Waals surface area contributed by atoms with Crippen LogP contribution in [-0.4, -0.2) is 40.8 Å². The van der Waals surface area contributed by atoms with Crippen LogP contribution in [0.15, 0.2) is 42.9 Å². The summed E-state index contributed by atoms with van der Waals surface area (Å²) in [5, 5.41) is 17.4. The Balaban J connectivity index is 1.20.